The van der Waals surface area contributed by atoms with Gasteiger partial charge >= 0.3 is 12.4 Å². The van der Waals surface area contributed by atoms with Crippen LogP contribution >= 0.6 is 11.6 Å². The molecule has 0 radical (unpaired) electrons. The highest BCUT2D eigenvalue weighted by Crippen LogP contribution is 2.46. The highest BCUT2D eigenvalue weighted by molar-refractivity contribution is 6.30. The van der Waals surface area contributed by atoms with Crippen LogP contribution in [-0.2, 0) is 35.5 Å². The molecule has 2 aliphatic rings. The van der Waals surface area contributed by atoms with Crippen molar-refractivity contribution in [1.29, 1.82) is 0 Å². The van der Waals surface area contributed by atoms with Crippen molar-refractivity contribution in [3.8, 4) is 0 Å². The summed E-state index contributed by atoms with van der Waals surface area (Å²) in [5.74, 6) is -0.996. The first-order chi connectivity index (χ1) is 21.5. The molecule has 2 aromatic carbocycles. The second kappa shape index (κ2) is 12.7. The maximum atomic E-state index is 14.0. The number of anilines is 2. The Bertz CT molecular complexity index is 1600. The van der Waals surface area contributed by atoms with Crippen molar-refractivity contribution in [2.24, 2.45) is 24.6 Å². The molecule has 2 heterocycles. The first-order valence-corrected chi connectivity index (χ1v) is 15.1. The van der Waals surface area contributed by atoms with E-state index in [2.05, 4.69) is 15.4 Å². The van der Waals surface area contributed by atoms with Crippen LogP contribution in [0.2, 0.25) is 5.02 Å². The minimum absolute atomic E-state index is 0.0239. The van der Waals surface area contributed by atoms with E-state index in [4.69, 9.17) is 17.3 Å². The number of nitrogens with two attached hydrogens (primary N) is 1. The van der Waals surface area contributed by atoms with Gasteiger partial charge in [0.05, 0.1) is 24.2 Å². The predicted octanol–water partition coefficient (Wildman–Crippen LogP) is 6.46. The minimum Gasteiger partial charge on any atom is -0.370 e. The Labute approximate surface area is 265 Å². The third-order valence-corrected chi connectivity index (χ3v) is 8.89. The number of fused-ring (bicyclic) bond motifs is 1. The molecule has 0 spiro atoms. The molecule has 0 saturated heterocycles. The molecule has 1 aliphatic carbocycles. The lowest BCUT2D eigenvalue weighted by Gasteiger charge is -2.45. The summed E-state index contributed by atoms with van der Waals surface area (Å²) < 4.78 is 83.0. The Morgan fingerprint density at radius 1 is 1.00 bits per heavy atom. The average Bonchev–Trinajstić information content (AvgIpc) is 3.39. The zero-order valence-electron chi connectivity index (χ0n) is 24.9. The largest absolute Gasteiger partial charge is 0.416 e. The van der Waals surface area contributed by atoms with E-state index in [1.165, 1.54) is 29.0 Å². The molecular formula is C30H32ClF6N7O2. The number of amides is 2. The summed E-state index contributed by atoms with van der Waals surface area (Å²) in [5, 5.41) is 11.9. The fourth-order valence-corrected chi connectivity index (χ4v) is 6.80. The fourth-order valence-electron chi connectivity index (χ4n) is 6.55. The van der Waals surface area contributed by atoms with Crippen molar-refractivity contribution >= 4 is 35.1 Å². The average molecular weight is 672 g/mol. The molecule has 1 fully saturated rings. The van der Waals surface area contributed by atoms with Gasteiger partial charge in [0.15, 0.2) is 0 Å². The maximum absolute atomic E-state index is 14.0. The number of halogens is 7. The lowest BCUT2D eigenvalue weighted by atomic mass is 9.79. The van der Waals surface area contributed by atoms with E-state index in [0.717, 1.165) is 29.1 Å². The molecule has 248 valence electrons. The molecule has 5 rings (SSSR count). The van der Waals surface area contributed by atoms with Gasteiger partial charge in [-0.15, -0.1) is 5.10 Å². The van der Waals surface area contributed by atoms with E-state index in [1.807, 2.05) is 0 Å². The SMILES string of the molecule is C[C@@H]1C[C@H](N(Cc2cc(Cl)cc(C(F)(F)F)c2)c2nnn(C)n2)c2cc(C(F)(F)F)ccc2N1C(=O)C1CCC(CC(N)=O)CC1. The molecule has 0 unspecified atom stereocenters. The van der Waals surface area contributed by atoms with Crippen LogP contribution < -0.4 is 15.5 Å². The molecule has 2 N–H and O–H groups in total. The van der Waals surface area contributed by atoms with Crippen LogP contribution in [0.15, 0.2) is 36.4 Å². The Hall–Kier alpha value is -3.88. The van der Waals surface area contributed by atoms with Crippen LogP contribution in [0.25, 0.3) is 0 Å². The standard InChI is InChI=1S/C30H32ClF6N7O2/c1-16-9-25(43(28-39-41-42(2)40-28)15-18-10-21(30(35,36)37)13-22(31)11-18)23-14-20(29(32,33)34)7-8-24(23)44(16)27(46)19-5-3-17(4-6-19)12-26(38)45/h7-8,10-11,13-14,16-17,19,25H,3-6,9,12,15H2,1-2H3,(H2,38,45)/t16-,17?,19?,25+/m1/s1. The fraction of sp³-hybridized carbons (Fsp3) is 0.500. The number of tetrazole rings is 1. The number of carbonyl (C=O) groups excluding carboxylic acids is 2. The minimum atomic E-state index is -4.71. The topological polar surface area (TPSA) is 110 Å². The molecule has 46 heavy (non-hydrogen) atoms. The lowest BCUT2D eigenvalue weighted by molar-refractivity contribution is -0.138. The van der Waals surface area contributed by atoms with Crippen LogP contribution in [0.1, 0.15) is 73.7 Å². The number of hydrogen-bond donors (Lipinski definition) is 1. The van der Waals surface area contributed by atoms with Gasteiger partial charge in [-0.1, -0.05) is 16.7 Å². The second-order valence-corrected chi connectivity index (χ2v) is 12.5. The third kappa shape index (κ3) is 7.24. The normalized spacial score (nSPS) is 22.0. The molecular weight excluding hydrogens is 640 g/mol. The zero-order chi connectivity index (χ0) is 33.6. The number of aryl methyl sites for hydroxylation is 1. The van der Waals surface area contributed by atoms with Gasteiger partial charge in [-0.25, -0.2) is 0 Å². The van der Waals surface area contributed by atoms with Crippen LogP contribution in [0, 0.1) is 11.8 Å². The first kappa shape index (κ1) is 33.5. The van der Waals surface area contributed by atoms with Gasteiger partial charge in [0.1, 0.15) is 0 Å². The summed E-state index contributed by atoms with van der Waals surface area (Å²) in [6, 6.07) is 4.78. The van der Waals surface area contributed by atoms with Gasteiger partial charge in [0, 0.05) is 35.6 Å². The van der Waals surface area contributed by atoms with Crippen LogP contribution in [0.3, 0.4) is 0 Å². The molecule has 0 bridgehead atoms. The third-order valence-electron chi connectivity index (χ3n) is 8.67. The summed E-state index contributed by atoms with van der Waals surface area (Å²) in [7, 11) is 1.48. The van der Waals surface area contributed by atoms with Crippen molar-refractivity contribution in [2.75, 3.05) is 9.80 Å². The molecule has 2 amide bonds. The van der Waals surface area contributed by atoms with Crippen molar-refractivity contribution in [3.63, 3.8) is 0 Å². The van der Waals surface area contributed by atoms with Crippen molar-refractivity contribution in [1.82, 2.24) is 20.2 Å². The summed E-state index contributed by atoms with van der Waals surface area (Å²) in [6.45, 7) is 1.52. The zero-order valence-corrected chi connectivity index (χ0v) is 25.7. The smallest absolute Gasteiger partial charge is 0.370 e. The van der Waals surface area contributed by atoms with E-state index in [1.54, 1.807) is 6.92 Å². The van der Waals surface area contributed by atoms with Gasteiger partial charge in [0.2, 0.25) is 11.8 Å². The van der Waals surface area contributed by atoms with Crippen molar-refractivity contribution in [2.45, 2.75) is 76.4 Å². The summed E-state index contributed by atoms with van der Waals surface area (Å²) in [4.78, 5) is 29.5. The van der Waals surface area contributed by atoms with E-state index >= 15 is 0 Å². The van der Waals surface area contributed by atoms with Crippen LogP contribution in [0.5, 0.6) is 0 Å². The Balaban J connectivity index is 1.56. The number of benzene rings is 2. The van der Waals surface area contributed by atoms with Gasteiger partial charge in [-0.2, -0.15) is 31.1 Å². The Kier molecular flexibility index (Phi) is 9.26. The second-order valence-electron chi connectivity index (χ2n) is 12.0. The lowest BCUT2D eigenvalue weighted by Crippen LogP contribution is -2.49. The molecule has 2 atom stereocenters. The number of rotatable bonds is 7. The summed E-state index contributed by atoms with van der Waals surface area (Å²) in [6.07, 6.45) is -6.80. The molecule has 1 aliphatic heterocycles. The molecule has 1 aromatic heterocycles. The van der Waals surface area contributed by atoms with Crippen LogP contribution in [0.4, 0.5) is 38.0 Å². The number of carbonyl (C=O) groups is 2. The summed E-state index contributed by atoms with van der Waals surface area (Å²) >= 11 is 6.05. The molecule has 1 saturated carbocycles. The van der Waals surface area contributed by atoms with Crippen molar-refractivity contribution < 1.29 is 35.9 Å². The number of nitrogens with zero attached hydrogens (tertiary/aromatic N) is 6. The van der Waals surface area contributed by atoms with Gasteiger partial charge < -0.3 is 15.5 Å². The van der Waals surface area contributed by atoms with Gasteiger partial charge in [-0.3, -0.25) is 9.59 Å². The highest BCUT2D eigenvalue weighted by Gasteiger charge is 2.42. The maximum Gasteiger partial charge on any atom is 0.416 e. The van der Waals surface area contributed by atoms with Crippen molar-refractivity contribution in [3.05, 3.63) is 63.7 Å². The quantitative estimate of drug-likeness (QED) is 0.289. The Morgan fingerprint density at radius 2 is 1.67 bits per heavy atom. The van der Waals surface area contributed by atoms with Gasteiger partial charge in [0.25, 0.3) is 5.95 Å². The van der Waals surface area contributed by atoms with Crippen LogP contribution in [-0.4, -0.2) is 38.1 Å². The Morgan fingerprint density at radius 3 is 2.26 bits per heavy atom. The van der Waals surface area contributed by atoms with E-state index in [9.17, 15) is 35.9 Å². The van der Waals surface area contributed by atoms with Gasteiger partial charge in [-0.05, 0) is 97.7 Å². The predicted molar refractivity (Wildman–Crippen MR) is 156 cm³/mol. The number of hydrogen-bond acceptors (Lipinski definition) is 6. The van der Waals surface area contributed by atoms with E-state index in [-0.39, 0.29) is 59.0 Å². The molecule has 3 aromatic rings. The number of alkyl halides is 6. The van der Waals surface area contributed by atoms with E-state index in [0.29, 0.717) is 25.7 Å². The first-order valence-electron chi connectivity index (χ1n) is 14.7. The number of primary amides is 1. The van der Waals surface area contributed by atoms with E-state index < -0.39 is 47.4 Å². The highest BCUT2D eigenvalue weighted by atomic mass is 35.5. The molecule has 16 heteroatoms. The molecule has 9 nitrogen and oxygen atoms in total. The summed E-state index contributed by atoms with van der Waals surface area (Å²) in [5.41, 5.74) is 3.95. The number of aromatic nitrogens is 4. The monoisotopic (exact) mass is 671 g/mol.